The third-order valence-electron chi connectivity index (χ3n) is 2.08. The summed E-state index contributed by atoms with van der Waals surface area (Å²) in [6.45, 7) is 3.35. The summed E-state index contributed by atoms with van der Waals surface area (Å²) in [6, 6.07) is 0. The summed E-state index contributed by atoms with van der Waals surface area (Å²) in [7, 11) is 0. The van der Waals surface area contributed by atoms with Crippen molar-refractivity contribution in [1.82, 2.24) is 0 Å². The van der Waals surface area contributed by atoms with Gasteiger partial charge in [0, 0.05) is 13.0 Å². The van der Waals surface area contributed by atoms with E-state index in [4.69, 9.17) is 11.5 Å². The monoisotopic (exact) mass is 167 g/mol. The van der Waals surface area contributed by atoms with Crippen LogP contribution in [0.4, 0.5) is 0 Å². The second kappa shape index (κ2) is 4.26. The van der Waals surface area contributed by atoms with E-state index in [1.807, 2.05) is 6.92 Å². The molecular formula is C9H17N3. The lowest BCUT2D eigenvalue weighted by Gasteiger charge is -2.00. The highest BCUT2D eigenvalue weighted by Crippen LogP contribution is 2.31. The van der Waals surface area contributed by atoms with Crippen LogP contribution in [-0.2, 0) is 0 Å². The molecule has 1 aliphatic carbocycles. The van der Waals surface area contributed by atoms with E-state index >= 15 is 0 Å². The van der Waals surface area contributed by atoms with Crippen LogP contribution in [0.2, 0.25) is 0 Å². The Bertz CT molecular complexity index is 210. The van der Waals surface area contributed by atoms with E-state index in [9.17, 15) is 0 Å². The van der Waals surface area contributed by atoms with Gasteiger partial charge in [0.1, 0.15) is 0 Å². The summed E-state index contributed by atoms with van der Waals surface area (Å²) in [4.78, 5) is 4.23. The fraction of sp³-hybridized carbons (Fsp3) is 0.667. The molecule has 68 valence electrons. The van der Waals surface area contributed by atoms with Gasteiger partial charge < -0.3 is 11.5 Å². The van der Waals surface area contributed by atoms with Gasteiger partial charge in [-0.25, -0.2) is 0 Å². The van der Waals surface area contributed by atoms with Crippen LogP contribution >= 0.6 is 0 Å². The van der Waals surface area contributed by atoms with Crippen LogP contribution in [-0.4, -0.2) is 18.9 Å². The Morgan fingerprint density at radius 1 is 1.50 bits per heavy atom. The zero-order valence-electron chi connectivity index (χ0n) is 7.64. The second-order valence-corrected chi connectivity index (χ2v) is 3.07. The lowest BCUT2D eigenvalue weighted by Crippen LogP contribution is -2.13. The highest BCUT2D eigenvalue weighted by atomic mass is 14.8. The summed E-state index contributed by atoms with van der Waals surface area (Å²) >= 11 is 0. The molecule has 0 radical (unpaired) electrons. The maximum absolute atomic E-state index is 5.58. The van der Waals surface area contributed by atoms with Gasteiger partial charge in [-0.1, -0.05) is 12.5 Å². The fourth-order valence-electron chi connectivity index (χ4n) is 1.05. The third-order valence-corrected chi connectivity index (χ3v) is 2.08. The molecule has 0 aliphatic heterocycles. The number of amidine groups is 1. The first-order valence-electron chi connectivity index (χ1n) is 4.46. The zero-order valence-corrected chi connectivity index (χ0v) is 7.64. The molecular weight excluding hydrogens is 150 g/mol. The lowest BCUT2D eigenvalue weighted by molar-refractivity contribution is 1.01. The summed E-state index contributed by atoms with van der Waals surface area (Å²) in [5.74, 6) is 0.724. The summed E-state index contributed by atoms with van der Waals surface area (Å²) in [5, 5.41) is 0. The van der Waals surface area contributed by atoms with Gasteiger partial charge in [-0.05, 0) is 18.4 Å². The Morgan fingerprint density at radius 3 is 2.58 bits per heavy atom. The first kappa shape index (κ1) is 9.26. The molecule has 0 saturated heterocycles. The molecule has 0 heterocycles. The van der Waals surface area contributed by atoms with Crippen molar-refractivity contribution in [2.75, 3.05) is 13.1 Å². The first-order chi connectivity index (χ1) is 5.77. The molecule has 0 aromatic heterocycles. The summed E-state index contributed by atoms with van der Waals surface area (Å²) < 4.78 is 0. The molecule has 0 bridgehead atoms. The number of allylic oxidation sites excluding steroid dienone is 1. The summed E-state index contributed by atoms with van der Waals surface area (Å²) in [5.41, 5.74) is 13.9. The van der Waals surface area contributed by atoms with Crippen LogP contribution in [0.15, 0.2) is 16.1 Å². The van der Waals surface area contributed by atoms with E-state index in [1.165, 1.54) is 24.0 Å². The largest absolute Gasteiger partial charge is 0.387 e. The number of nitrogens with zero attached hydrogens (tertiary/aromatic N) is 1. The minimum atomic E-state index is 0.635. The van der Waals surface area contributed by atoms with Crippen LogP contribution in [0.25, 0.3) is 0 Å². The van der Waals surface area contributed by atoms with Crippen molar-refractivity contribution in [2.45, 2.75) is 26.2 Å². The minimum Gasteiger partial charge on any atom is -0.387 e. The maximum atomic E-state index is 5.58. The van der Waals surface area contributed by atoms with E-state index in [-0.39, 0.29) is 0 Å². The van der Waals surface area contributed by atoms with Gasteiger partial charge in [-0.15, -0.1) is 0 Å². The highest BCUT2D eigenvalue weighted by Gasteiger charge is 2.15. The van der Waals surface area contributed by atoms with Gasteiger partial charge in [0.15, 0.2) is 0 Å². The minimum absolute atomic E-state index is 0.635. The van der Waals surface area contributed by atoms with Gasteiger partial charge in [0.25, 0.3) is 0 Å². The number of aliphatic imine (C=N–C) groups is 1. The van der Waals surface area contributed by atoms with E-state index < -0.39 is 0 Å². The smallest absolute Gasteiger partial charge is 0.0938 e. The molecule has 4 N–H and O–H groups in total. The molecule has 0 unspecified atom stereocenters. The van der Waals surface area contributed by atoms with Gasteiger partial charge in [0.05, 0.1) is 12.4 Å². The van der Waals surface area contributed by atoms with Crippen LogP contribution in [0.3, 0.4) is 0 Å². The molecule has 3 heteroatoms. The molecule has 12 heavy (non-hydrogen) atoms. The third kappa shape index (κ3) is 2.66. The normalized spacial score (nSPS) is 16.5. The molecule has 1 aliphatic rings. The van der Waals surface area contributed by atoms with Crippen LogP contribution in [0, 0.1) is 0 Å². The van der Waals surface area contributed by atoms with Crippen molar-refractivity contribution in [1.29, 1.82) is 0 Å². The standard InChI is InChI=1S/C9H17N3/c1-2-9(11)12-6-8(5-10)7-3-4-7/h2-6,10H2,1H3,(H2,11,12). The van der Waals surface area contributed by atoms with Gasteiger partial charge in [-0.3, -0.25) is 4.99 Å². The molecule has 1 fully saturated rings. The molecule has 1 rings (SSSR count). The molecule has 0 aromatic rings. The molecule has 0 aromatic carbocycles. The average Bonchev–Trinajstić information content (AvgIpc) is 2.89. The number of hydrogen-bond acceptors (Lipinski definition) is 2. The number of rotatable bonds is 4. The quantitative estimate of drug-likeness (QED) is 0.369. The Balaban J connectivity index is 2.44. The summed E-state index contributed by atoms with van der Waals surface area (Å²) in [6.07, 6.45) is 3.26. The molecule has 0 atom stereocenters. The molecule has 1 saturated carbocycles. The fourth-order valence-corrected chi connectivity index (χ4v) is 1.05. The van der Waals surface area contributed by atoms with Crippen molar-refractivity contribution in [3.05, 3.63) is 11.1 Å². The Hall–Kier alpha value is -0.830. The predicted molar refractivity (Wildman–Crippen MR) is 52.1 cm³/mol. The predicted octanol–water partition coefficient (Wildman–Crippen LogP) is 0.803. The average molecular weight is 167 g/mol. The lowest BCUT2D eigenvalue weighted by atomic mass is 10.2. The molecule has 3 nitrogen and oxygen atoms in total. The van der Waals surface area contributed by atoms with Crippen LogP contribution in [0.5, 0.6) is 0 Å². The topological polar surface area (TPSA) is 64.4 Å². The van der Waals surface area contributed by atoms with E-state index in [0.29, 0.717) is 13.1 Å². The van der Waals surface area contributed by atoms with E-state index in [2.05, 4.69) is 4.99 Å². The van der Waals surface area contributed by atoms with Crippen molar-refractivity contribution in [3.63, 3.8) is 0 Å². The van der Waals surface area contributed by atoms with E-state index in [1.54, 1.807) is 0 Å². The van der Waals surface area contributed by atoms with Crippen molar-refractivity contribution < 1.29 is 0 Å². The first-order valence-corrected chi connectivity index (χ1v) is 4.46. The van der Waals surface area contributed by atoms with Crippen molar-refractivity contribution in [3.8, 4) is 0 Å². The van der Waals surface area contributed by atoms with Crippen molar-refractivity contribution in [2.24, 2.45) is 16.5 Å². The second-order valence-electron chi connectivity index (χ2n) is 3.07. The Labute approximate surface area is 73.5 Å². The Kier molecular flexibility index (Phi) is 3.29. The van der Waals surface area contributed by atoms with Crippen LogP contribution in [0.1, 0.15) is 26.2 Å². The Morgan fingerprint density at radius 2 is 2.17 bits per heavy atom. The van der Waals surface area contributed by atoms with Gasteiger partial charge in [-0.2, -0.15) is 0 Å². The zero-order chi connectivity index (χ0) is 8.97. The molecule has 0 amide bonds. The van der Waals surface area contributed by atoms with Crippen LogP contribution < -0.4 is 11.5 Å². The highest BCUT2D eigenvalue weighted by molar-refractivity contribution is 5.80. The SMILES string of the molecule is CCC(N)=NCC(CN)=C1CC1. The number of nitrogens with two attached hydrogens (primary N) is 2. The van der Waals surface area contributed by atoms with Crippen molar-refractivity contribution >= 4 is 5.84 Å². The van der Waals surface area contributed by atoms with E-state index in [0.717, 1.165) is 12.3 Å². The molecule has 0 spiro atoms. The van der Waals surface area contributed by atoms with Gasteiger partial charge in [0.2, 0.25) is 0 Å². The maximum Gasteiger partial charge on any atom is 0.0938 e. The number of hydrogen-bond donors (Lipinski definition) is 2. The van der Waals surface area contributed by atoms with Gasteiger partial charge >= 0.3 is 0 Å².